The van der Waals surface area contributed by atoms with Crippen LogP contribution in [0.3, 0.4) is 0 Å². The molecular weight excluding hydrogens is 200 g/mol. The van der Waals surface area contributed by atoms with E-state index in [1.807, 2.05) is 20.8 Å². The van der Waals surface area contributed by atoms with Gasteiger partial charge in [-0.1, -0.05) is 25.7 Å². The molecule has 1 aromatic rings. The van der Waals surface area contributed by atoms with Gasteiger partial charge in [0, 0.05) is 12.0 Å². The second-order valence-electron chi connectivity index (χ2n) is 4.99. The van der Waals surface area contributed by atoms with Gasteiger partial charge in [0.1, 0.15) is 11.5 Å². The number of hydrogen-bond acceptors (Lipinski definition) is 2. The molecule has 88 valence electrons. The predicted octanol–water partition coefficient (Wildman–Crippen LogP) is 3.97. The summed E-state index contributed by atoms with van der Waals surface area (Å²) in [5.41, 5.74) is 1.87. The van der Waals surface area contributed by atoms with Crippen molar-refractivity contribution in [2.24, 2.45) is 5.92 Å². The molecular formula is C14H20O2. The predicted molar refractivity (Wildman–Crippen MR) is 63.8 cm³/mol. The summed E-state index contributed by atoms with van der Waals surface area (Å²) in [5, 5.41) is 0. The fourth-order valence-electron chi connectivity index (χ4n) is 2.78. The molecule has 2 nitrogen and oxygen atoms in total. The van der Waals surface area contributed by atoms with Gasteiger partial charge in [0.05, 0.1) is 5.56 Å². The maximum absolute atomic E-state index is 12.2. The highest BCUT2D eigenvalue weighted by atomic mass is 16.3. The van der Waals surface area contributed by atoms with Crippen LogP contribution in [0.1, 0.15) is 59.5 Å². The lowest BCUT2D eigenvalue weighted by Crippen LogP contribution is -2.07. The first-order valence-electron chi connectivity index (χ1n) is 6.19. The van der Waals surface area contributed by atoms with Crippen LogP contribution in [0, 0.1) is 26.7 Å². The Balaban J connectivity index is 2.13. The second kappa shape index (κ2) is 4.44. The quantitative estimate of drug-likeness (QED) is 0.721. The van der Waals surface area contributed by atoms with Crippen LogP contribution in [-0.4, -0.2) is 5.78 Å². The first kappa shape index (κ1) is 11.4. The lowest BCUT2D eigenvalue weighted by atomic mass is 9.95. The van der Waals surface area contributed by atoms with Crippen molar-refractivity contribution in [3.63, 3.8) is 0 Å². The molecule has 0 unspecified atom stereocenters. The van der Waals surface area contributed by atoms with Gasteiger partial charge in [0.25, 0.3) is 0 Å². The summed E-state index contributed by atoms with van der Waals surface area (Å²) in [6.07, 6.45) is 5.74. The second-order valence-corrected chi connectivity index (χ2v) is 4.99. The van der Waals surface area contributed by atoms with E-state index in [4.69, 9.17) is 4.42 Å². The third-order valence-electron chi connectivity index (χ3n) is 3.79. The van der Waals surface area contributed by atoms with Crippen LogP contribution in [0.15, 0.2) is 4.42 Å². The van der Waals surface area contributed by atoms with E-state index in [0.29, 0.717) is 12.3 Å². The molecule has 1 aliphatic carbocycles. The minimum absolute atomic E-state index is 0.277. The highest BCUT2D eigenvalue weighted by Crippen LogP contribution is 2.30. The Kier molecular flexibility index (Phi) is 3.17. The minimum Gasteiger partial charge on any atom is -0.466 e. The van der Waals surface area contributed by atoms with Gasteiger partial charge in [-0.05, 0) is 26.7 Å². The number of carbonyl (C=O) groups excluding carboxylic acids is 1. The van der Waals surface area contributed by atoms with Gasteiger partial charge in [-0.2, -0.15) is 0 Å². The zero-order valence-corrected chi connectivity index (χ0v) is 10.4. The Hall–Kier alpha value is -1.05. The summed E-state index contributed by atoms with van der Waals surface area (Å²) in [5.74, 6) is 2.56. The van der Waals surface area contributed by atoms with Crippen molar-refractivity contribution < 1.29 is 9.21 Å². The SMILES string of the molecule is Cc1oc(C)c(C(=O)CC2CCCC2)c1C. The molecule has 0 aliphatic heterocycles. The number of furan rings is 1. The van der Waals surface area contributed by atoms with Gasteiger partial charge < -0.3 is 4.42 Å². The lowest BCUT2D eigenvalue weighted by Gasteiger charge is -2.07. The van der Waals surface area contributed by atoms with Crippen LogP contribution >= 0.6 is 0 Å². The zero-order valence-electron chi connectivity index (χ0n) is 10.4. The van der Waals surface area contributed by atoms with Crippen molar-refractivity contribution in [1.82, 2.24) is 0 Å². The van der Waals surface area contributed by atoms with E-state index < -0.39 is 0 Å². The maximum Gasteiger partial charge on any atom is 0.166 e. The molecule has 1 aliphatic rings. The summed E-state index contributed by atoms with van der Waals surface area (Å²) >= 11 is 0. The Labute approximate surface area is 97.0 Å². The monoisotopic (exact) mass is 220 g/mol. The average molecular weight is 220 g/mol. The number of Topliss-reactive ketones (excluding diaryl/α,β-unsaturated/α-hetero) is 1. The normalized spacial score (nSPS) is 16.9. The summed E-state index contributed by atoms with van der Waals surface area (Å²) in [6.45, 7) is 5.80. The summed E-state index contributed by atoms with van der Waals surface area (Å²) < 4.78 is 5.51. The standard InChI is InChI=1S/C14H20O2/c1-9-10(2)16-11(3)14(9)13(15)8-12-6-4-5-7-12/h12H,4-8H2,1-3H3. The smallest absolute Gasteiger partial charge is 0.166 e. The molecule has 16 heavy (non-hydrogen) atoms. The molecule has 0 aromatic carbocycles. The molecule has 1 heterocycles. The van der Waals surface area contributed by atoms with Crippen molar-refractivity contribution in [3.05, 3.63) is 22.6 Å². The molecule has 1 aromatic heterocycles. The largest absolute Gasteiger partial charge is 0.466 e. The molecule has 0 amide bonds. The van der Waals surface area contributed by atoms with Crippen LogP contribution in [0.4, 0.5) is 0 Å². The van der Waals surface area contributed by atoms with Crippen LogP contribution in [0.2, 0.25) is 0 Å². The molecule has 0 saturated heterocycles. The van der Waals surface area contributed by atoms with Crippen LogP contribution in [-0.2, 0) is 0 Å². The van der Waals surface area contributed by atoms with E-state index in [0.717, 1.165) is 22.6 Å². The number of rotatable bonds is 3. The zero-order chi connectivity index (χ0) is 11.7. The van der Waals surface area contributed by atoms with E-state index in [9.17, 15) is 4.79 Å². The Morgan fingerprint density at radius 2 is 1.81 bits per heavy atom. The lowest BCUT2D eigenvalue weighted by molar-refractivity contribution is 0.0960. The molecule has 0 atom stereocenters. The topological polar surface area (TPSA) is 30.2 Å². The van der Waals surface area contributed by atoms with Crippen molar-refractivity contribution in [1.29, 1.82) is 0 Å². The fraction of sp³-hybridized carbons (Fsp3) is 0.643. The third-order valence-corrected chi connectivity index (χ3v) is 3.79. The summed E-state index contributed by atoms with van der Waals surface area (Å²) in [7, 11) is 0. The molecule has 0 bridgehead atoms. The van der Waals surface area contributed by atoms with Crippen LogP contribution in [0.5, 0.6) is 0 Å². The molecule has 0 radical (unpaired) electrons. The molecule has 0 spiro atoms. The third kappa shape index (κ3) is 2.06. The minimum atomic E-state index is 0.277. The Morgan fingerprint density at radius 1 is 1.19 bits per heavy atom. The van der Waals surface area contributed by atoms with Gasteiger partial charge in [0.15, 0.2) is 5.78 Å². The molecule has 1 saturated carbocycles. The molecule has 0 N–H and O–H groups in total. The van der Waals surface area contributed by atoms with Crippen molar-refractivity contribution in [2.45, 2.75) is 52.9 Å². The van der Waals surface area contributed by atoms with Crippen LogP contribution < -0.4 is 0 Å². The Morgan fingerprint density at radius 3 is 2.31 bits per heavy atom. The van der Waals surface area contributed by atoms with Crippen molar-refractivity contribution >= 4 is 5.78 Å². The number of carbonyl (C=O) groups is 1. The van der Waals surface area contributed by atoms with E-state index in [-0.39, 0.29) is 5.78 Å². The van der Waals surface area contributed by atoms with Gasteiger partial charge in [-0.25, -0.2) is 0 Å². The Bertz CT molecular complexity index is 395. The summed E-state index contributed by atoms with van der Waals surface area (Å²) in [4.78, 5) is 12.2. The van der Waals surface area contributed by atoms with E-state index in [1.165, 1.54) is 25.7 Å². The molecule has 2 rings (SSSR count). The number of hydrogen-bond donors (Lipinski definition) is 0. The average Bonchev–Trinajstić information content (AvgIpc) is 2.77. The van der Waals surface area contributed by atoms with Crippen LogP contribution in [0.25, 0.3) is 0 Å². The highest BCUT2D eigenvalue weighted by Gasteiger charge is 2.23. The molecule has 2 heteroatoms. The first-order valence-corrected chi connectivity index (χ1v) is 6.19. The maximum atomic E-state index is 12.2. The van der Waals surface area contributed by atoms with Gasteiger partial charge >= 0.3 is 0 Å². The van der Waals surface area contributed by atoms with E-state index in [2.05, 4.69) is 0 Å². The van der Waals surface area contributed by atoms with Crippen molar-refractivity contribution in [2.75, 3.05) is 0 Å². The van der Waals surface area contributed by atoms with Gasteiger partial charge in [-0.3, -0.25) is 4.79 Å². The molecule has 1 fully saturated rings. The number of ketones is 1. The summed E-state index contributed by atoms with van der Waals surface area (Å²) in [6, 6.07) is 0. The van der Waals surface area contributed by atoms with Gasteiger partial charge in [0.2, 0.25) is 0 Å². The van der Waals surface area contributed by atoms with Crippen molar-refractivity contribution in [3.8, 4) is 0 Å². The fourth-order valence-corrected chi connectivity index (χ4v) is 2.78. The first-order chi connectivity index (χ1) is 7.59. The van der Waals surface area contributed by atoms with Gasteiger partial charge in [-0.15, -0.1) is 0 Å². The number of aryl methyl sites for hydroxylation is 2. The highest BCUT2D eigenvalue weighted by molar-refractivity contribution is 5.98. The van der Waals surface area contributed by atoms with E-state index >= 15 is 0 Å². The van der Waals surface area contributed by atoms with E-state index in [1.54, 1.807) is 0 Å².